The van der Waals surface area contributed by atoms with Crippen molar-refractivity contribution in [2.75, 3.05) is 25.5 Å². The summed E-state index contributed by atoms with van der Waals surface area (Å²) in [5.41, 5.74) is 1.72. The third kappa shape index (κ3) is 6.46. The molecule has 2 amide bonds. The van der Waals surface area contributed by atoms with Gasteiger partial charge >= 0.3 is 0 Å². The van der Waals surface area contributed by atoms with E-state index < -0.39 is 6.04 Å². The van der Waals surface area contributed by atoms with Crippen LogP contribution in [-0.2, 0) is 9.59 Å². The monoisotopic (exact) mass is 385 g/mol. The number of hydrogen-bond donors (Lipinski definition) is 2. The van der Waals surface area contributed by atoms with E-state index in [0.717, 1.165) is 6.42 Å². The highest BCUT2D eigenvalue weighted by Crippen LogP contribution is 2.18. The van der Waals surface area contributed by atoms with Gasteiger partial charge in [-0.25, -0.2) is 4.39 Å². The van der Waals surface area contributed by atoms with Crippen LogP contribution in [0.1, 0.15) is 31.7 Å². The summed E-state index contributed by atoms with van der Waals surface area (Å²) in [5.74, 6) is -0.485. The number of carbonyl (C=O) groups is 2. The van der Waals surface area contributed by atoms with E-state index in [2.05, 4.69) is 29.7 Å². The highest BCUT2D eigenvalue weighted by Gasteiger charge is 2.21. The Morgan fingerprint density at radius 2 is 1.71 bits per heavy atom. The fraction of sp³-hybridized carbons (Fsp3) is 0.364. The molecular weight excluding hydrogens is 357 g/mol. The maximum Gasteiger partial charge on any atom is 0.238 e. The van der Waals surface area contributed by atoms with E-state index in [9.17, 15) is 14.0 Å². The zero-order valence-corrected chi connectivity index (χ0v) is 16.6. The van der Waals surface area contributed by atoms with Crippen LogP contribution in [0.4, 0.5) is 10.1 Å². The molecule has 0 spiro atoms. The molecule has 0 aliphatic rings. The maximum absolute atomic E-state index is 12.9. The number of nitrogens with one attached hydrogen (secondary N) is 2. The van der Waals surface area contributed by atoms with Gasteiger partial charge in [0.2, 0.25) is 11.8 Å². The first-order chi connectivity index (χ1) is 13.4. The molecule has 2 rings (SSSR count). The number of benzene rings is 2. The topological polar surface area (TPSA) is 61.4 Å². The zero-order valence-electron chi connectivity index (χ0n) is 16.6. The molecule has 2 aromatic carbocycles. The van der Waals surface area contributed by atoms with Crippen LogP contribution in [0, 0.1) is 5.82 Å². The van der Waals surface area contributed by atoms with Gasteiger partial charge in [-0.15, -0.1) is 0 Å². The molecule has 0 unspecified atom stereocenters. The second kappa shape index (κ2) is 10.6. The average Bonchev–Trinajstić information content (AvgIpc) is 2.70. The fourth-order valence-corrected chi connectivity index (χ4v) is 2.89. The van der Waals surface area contributed by atoms with Crippen LogP contribution in [0.15, 0.2) is 54.6 Å². The smallest absolute Gasteiger partial charge is 0.238 e. The molecule has 150 valence electrons. The van der Waals surface area contributed by atoms with E-state index in [4.69, 9.17) is 0 Å². The standard InChI is InChI=1S/C22H28FN3O2/c1-4-17(18-8-6-5-7-9-18)14-24-22(28)16(2)26(3)15-21(27)25-20-12-10-19(23)11-13-20/h5-13,16-17H,4,14-15H2,1-3H3,(H,24,28)(H,25,27)/t16-,17-/m1/s1. The van der Waals surface area contributed by atoms with Gasteiger partial charge in [0.1, 0.15) is 5.82 Å². The first kappa shape index (κ1) is 21.6. The first-order valence-corrected chi connectivity index (χ1v) is 9.49. The third-order valence-corrected chi connectivity index (χ3v) is 4.85. The predicted molar refractivity (Wildman–Crippen MR) is 110 cm³/mol. The number of anilines is 1. The van der Waals surface area contributed by atoms with Gasteiger partial charge in [-0.1, -0.05) is 37.3 Å². The molecule has 6 heteroatoms. The molecule has 0 fully saturated rings. The minimum Gasteiger partial charge on any atom is -0.354 e. The first-order valence-electron chi connectivity index (χ1n) is 9.49. The second-order valence-electron chi connectivity index (χ2n) is 6.91. The van der Waals surface area contributed by atoms with Crippen molar-refractivity contribution in [2.24, 2.45) is 0 Å². The molecule has 0 aliphatic heterocycles. The number of carbonyl (C=O) groups excluding carboxylic acids is 2. The molecule has 0 heterocycles. The molecule has 28 heavy (non-hydrogen) atoms. The summed E-state index contributed by atoms with van der Waals surface area (Å²) in [7, 11) is 1.73. The minimum absolute atomic E-state index is 0.0574. The number of hydrogen-bond acceptors (Lipinski definition) is 3. The summed E-state index contributed by atoms with van der Waals surface area (Å²) in [4.78, 5) is 26.3. The van der Waals surface area contributed by atoms with Crippen LogP contribution >= 0.6 is 0 Å². The Bertz CT molecular complexity index is 765. The van der Waals surface area contributed by atoms with Gasteiger partial charge in [-0.3, -0.25) is 14.5 Å². The van der Waals surface area contributed by atoms with Crippen molar-refractivity contribution in [3.8, 4) is 0 Å². The summed E-state index contributed by atoms with van der Waals surface area (Å²) in [5, 5.41) is 5.68. The molecule has 0 bridgehead atoms. The van der Waals surface area contributed by atoms with E-state index in [1.165, 1.54) is 29.8 Å². The Kier molecular flexibility index (Phi) is 8.14. The molecule has 0 saturated heterocycles. The van der Waals surface area contributed by atoms with E-state index >= 15 is 0 Å². The second-order valence-corrected chi connectivity index (χ2v) is 6.91. The zero-order chi connectivity index (χ0) is 20.5. The fourth-order valence-electron chi connectivity index (χ4n) is 2.89. The Hall–Kier alpha value is -2.73. The normalized spacial score (nSPS) is 13.0. The van der Waals surface area contributed by atoms with Crippen molar-refractivity contribution >= 4 is 17.5 Å². The highest BCUT2D eigenvalue weighted by atomic mass is 19.1. The number of halogens is 1. The van der Waals surface area contributed by atoms with Gasteiger partial charge in [0, 0.05) is 18.2 Å². The summed E-state index contributed by atoms with van der Waals surface area (Å²) in [6, 6.07) is 15.2. The van der Waals surface area contributed by atoms with Gasteiger partial charge in [0.25, 0.3) is 0 Å². The number of likely N-dealkylation sites (N-methyl/N-ethyl adjacent to an activating group) is 1. The lowest BCUT2D eigenvalue weighted by atomic mass is 9.96. The summed E-state index contributed by atoms with van der Waals surface area (Å²) >= 11 is 0. The molecule has 2 aromatic rings. The lowest BCUT2D eigenvalue weighted by Gasteiger charge is -2.24. The van der Waals surface area contributed by atoms with Crippen LogP contribution in [0.5, 0.6) is 0 Å². The van der Waals surface area contributed by atoms with Crippen LogP contribution in [-0.4, -0.2) is 42.9 Å². The molecule has 2 atom stereocenters. The van der Waals surface area contributed by atoms with E-state index in [1.807, 2.05) is 18.2 Å². The molecule has 0 aliphatic carbocycles. The molecule has 5 nitrogen and oxygen atoms in total. The molecule has 0 aromatic heterocycles. The quantitative estimate of drug-likeness (QED) is 0.696. The molecular formula is C22H28FN3O2. The summed E-state index contributed by atoms with van der Waals surface area (Å²) in [6.07, 6.45) is 0.925. The Morgan fingerprint density at radius 1 is 1.07 bits per heavy atom. The number of nitrogens with zero attached hydrogens (tertiary/aromatic N) is 1. The van der Waals surface area contributed by atoms with Crippen LogP contribution < -0.4 is 10.6 Å². The van der Waals surface area contributed by atoms with Gasteiger partial charge < -0.3 is 10.6 Å². The van der Waals surface area contributed by atoms with Crippen molar-refractivity contribution in [2.45, 2.75) is 32.2 Å². The molecule has 2 N–H and O–H groups in total. The lowest BCUT2D eigenvalue weighted by Crippen LogP contribution is -2.46. The Morgan fingerprint density at radius 3 is 2.32 bits per heavy atom. The van der Waals surface area contributed by atoms with Crippen LogP contribution in [0.2, 0.25) is 0 Å². The SMILES string of the molecule is CC[C@H](CNC(=O)[C@@H](C)N(C)CC(=O)Nc1ccc(F)cc1)c1ccccc1. The Balaban J connectivity index is 1.82. The van der Waals surface area contributed by atoms with Gasteiger partial charge in [0.15, 0.2) is 0 Å². The maximum atomic E-state index is 12.9. The van der Waals surface area contributed by atoms with E-state index in [-0.39, 0.29) is 30.1 Å². The number of rotatable bonds is 9. The van der Waals surface area contributed by atoms with Crippen LogP contribution in [0.25, 0.3) is 0 Å². The summed E-state index contributed by atoms with van der Waals surface area (Å²) in [6.45, 7) is 4.48. The molecule has 0 saturated carbocycles. The minimum atomic E-state index is -0.452. The van der Waals surface area contributed by atoms with Crippen molar-refractivity contribution in [3.63, 3.8) is 0 Å². The third-order valence-electron chi connectivity index (χ3n) is 4.85. The largest absolute Gasteiger partial charge is 0.354 e. The highest BCUT2D eigenvalue weighted by molar-refractivity contribution is 5.92. The van der Waals surface area contributed by atoms with Gasteiger partial charge in [0.05, 0.1) is 12.6 Å². The molecule has 0 radical (unpaired) electrons. The Labute approximate surface area is 165 Å². The van der Waals surface area contributed by atoms with Crippen molar-refractivity contribution in [1.29, 1.82) is 0 Å². The van der Waals surface area contributed by atoms with E-state index in [0.29, 0.717) is 12.2 Å². The van der Waals surface area contributed by atoms with Crippen molar-refractivity contribution in [3.05, 3.63) is 66.0 Å². The lowest BCUT2D eigenvalue weighted by molar-refractivity contribution is -0.126. The van der Waals surface area contributed by atoms with Crippen LogP contribution in [0.3, 0.4) is 0 Å². The number of amides is 2. The predicted octanol–water partition coefficient (Wildman–Crippen LogP) is 3.39. The van der Waals surface area contributed by atoms with Gasteiger partial charge in [-0.05, 0) is 50.2 Å². The van der Waals surface area contributed by atoms with E-state index in [1.54, 1.807) is 18.9 Å². The van der Waals surface area contributed by atoms with Gasteiger partial charge in [-0.2, -0.15) is 0 Å². The average molecular weight is 385 g/mol. The van der Waals surface area contributed by atoms with Crippen molar-refractivity contribution in [1.82, 2.24) is 10.2 Å². The summed E-state index contributed by atoms with van der Waals surface area (Å²) < 4.78 is 12.9. The van der Waals surface area contributed by atoms with Crippen molar-refractivity contribution < 1.29 is 14.0 Å².